The van der Waals surface area contributed by atoms with E-state index < -0.39 is 5.82 Å². The molecule has 0 spiro atoms. The Labute approximate surface area is 101 Å². The summed E-state index contributed by atoms with van der Waals surface area (Å²) in [5, 5.41) is 9.59. The Balaban J connectivity index is 3.05. The zero-order chi connectivity index (χ0) is 13.0. The third kappa shape index (κ3) is 2.96. The first kappa shape index (κ1) is 13.5. The van der Waals surface area contributed by atoms with Crippen LogP contribution in [-0.4, -0.2) is 28.5 Å². The maximum Gasteiger partial charge on any atom is 0.257 e. The normalized spacial score (nSPS) is 12.2. The van der Waals surface area contributed by atoms with Gasteiger partial charge in [0.15, 0.2) is 0 Å². The molecular weight excluding hydrogens is 221 g/mol. The standard InChI is InChI=1S/C13H18FNO2/c1-4-9(3)15(5-2)13(17)11-8-10(14)6-7-12(11)16/h6-9,16H,4-5H2,1-3H3. The van der Waals surface area contributed by atoms with Gasteiger partial charge in [-0.2, -0.15) is 0 Å². The van der Waals surface area contributed by atoms with Crippen molar-refractivity contribution in [3.8, 4) is 5.75 Å². The van der Waals surface area contributed by atoms with Gasteiger partial charge < -0.3 is 10.0 Å². The Morgan fingerprint density at radius 3 is 2.65 bits per heavy atom. The van der Waals surface area contributed by atoms with E-state index in [1.165, 1.54) is 6.07 Å². The van der Waals surface area contributed by atoms with Gasteiger partial charge in [0.2, 0.25) is 0 Å². The maximum absolute atomic E-state index is 13.1. The van der Waals surface area contributed by atoms with Crippen molar-refractivity contribution in [2.24, 2.45) is 0 Å². The highest BCUT2D eigenvalue weighted by Gasteiger charge is 2.21. The molecule has 0 aromatic heterocycles. The van der Waals surface area contributed by atoms with E-state index in [1.807, 2.05) is 20.8 Å². The van der Waals surface area contributed by atoms with Gasteiger partial charge in [-0.25, -0.2) is 4.39 Å². The molecule has 0 radical (unpaired) electrons. The molecule has 0 aliphatic carbocycles. The van der Waals surface area contributed by atoms with E-state index in [0.717, 1.165) is 18.6 Å². The van der Waals surface area contributed by atoms with E-state index in [9.17, 15) is 14.3 Å². The molecule has 0 saturated carbocycles. The van der Waals surface area contributed by atoms with Crippen LogP contribution in [0.1, 0.15) is 37.6 Å². The Hall–Kier alpha value is -1.58. The van der Waals surface area contributed by atoms with E-state index in [-0.39, 0.29) is 23.3 Å². The number of phenolic OH excluding ortho intramolecular Hbond substituents is 1. The second kappa shape index (κ2) is 5.66. The number of hydrogen-bond donors (Lipinski definition) is 1. The van der Waals surface area contributed by atoms with E-state index in [1.54, 1.807) is 4.90 Å². The fourth-order valence-electron chi connectivity index (χ4n) is 1.71. The number of phenols is 1. The topological polar surface area (TPSA) is 40.5 Å². The Bertz CT molecular complexity index is 406. The fourth-order valence-corrected chi connectivity index (χ4v) is 1.71. The number of hydrogen-bond acceptors (Lipinski definition) is 2. The molecule has 94 valence electrons. The van der Waals surface area contributed by atoms with Crippen LogP contribution in [0.15, 0.2) is 18.2 Å². The predicted octanol–water partition coefficient (Wildman–Crippen LogP) is 2.79. The summed E-state index contributed by atoms with van der Waals surface area (Å²) in [4.78, 5) is 13.8. The number of rotatable bonds is 4. The van der Waals surface area contributed by atoms with Crippen LogP contribution >= 0.6 is 0 Å². The van der Waals surface area contributed by atoms with Gasteiger partial charge in [0.1, 0.15) is 11.6 Å². The van der Waals surface area contributed by atoms with E-state index in [4.69, 9.17) is 0 Å². The summed E-state index contributed by atoms with van der Waals surface area (Å²) >= 11 is 0. The molecule has 1 unspecified atom stereocenters. The van der Waals surface area contributed by atoms with Crippen molar-refractivity contribution < 1.29 is 14.3 Å². The van der Waals surface area contributed by atoms with Crippen LogP contribution in [0.4, 0.5) is 4.39 Å². The van der Waals surface area contributed by atoms with Crippen molar-refractivity contribution in [2.45, 2.75) is 33.2 Å². The lowest BCUT2D eigenvalue weighted by Gasteiger charge is -2.27. The highest BCUT2D eigenvalue weighted by Crippen LogP contribution is 2.21. The van der Waals surface area contributed by atoms with Gasteiger partial charge in [0, 0.05) is 12.6 Å². The summed E-state index contributed by atoms with van der Waals surface area (Å²) < 4.78 is 13.1. The minimum Gasteiger partial charge on any atom is -0.507 e. The summed E-state index contributed by atoms with van der Waals surface area (Å²) in [6, 6.07) is 3.47. The van der Waals surface area contributed by atoms with Crippen LogP contribution in [-0.2, 0) is 0 Å². The fraction of sp³-hybridized carbons (Fsp3) is 0.462. The van der Waals surface area contributed by atoms with Crippen molar-refractivity contribution in [3.05, 3.63) is 29.6 Å². The third-order valence-corrected chi connectivity index (χ3v) is 2.91. The second-order valence-electron chi connectivity index (χ2n) is 4.01. The highest BCUT2D eigenvalue weighted by molar-refractivity contribution is 5.97. The molecule has 1 aromatic carbocycles. The molecule has 1 rings (SSSR count). The summed E-state index contributed by atoms with van der Waals surface area (Å²) in [6.45, 7) is 6.30. The maximum atomic E-state index is 13.1. The van der Waals surface area contributed by atoms with Gasteiger partial charge in [0.05, 0.1) is 5.56 Å². The van der Waals surface area contributed by atoms with Crippen molar-refractivity contribution in [3.63, 3.8) is 0 Å². The van der Waals surface area contributed by atoms with Crippen LogP contribution in [0.2, 0.25) is 0 Å². The molecule has 0 bridgehead atoms. The summed E-state index contributed by atoms with van der Waals surface area (Å²) in [5.74, 6) is -1.04. The number of carbonyl (C=O) groups is 1. The highest BCUT2D eigenvalue weighted by atomic mass is 19.1. The molecule has 1 atom stereocenters. The Morgan fingerprint density at radius 2 is 2.12 bits per heavy atom. The summed E-state index contributed by atoms with van der Waals surface area (Å²) in [6.07, 6.45) is 0.815. The lowest BCUT2D eigenvalue weighted by molar-refractivity contribution is 0.0696. The van der Waals surface area contributed by atoms with Crippen LogP contribution in [0, 0.1) is 5.82 Å². The molecule has 4 heteroatoms. The molecule has 0 fully saturated rings. The van der Waals surface area contributed by atoms with E-state index >= 15 is 0 Å². The first-order chi connectivity index (χ1) is 8.01. The van der Waals surface area contributed by atoms with Gasteiger partial charge >= 0.3 is 0 Å². The van der Waals surface area contributed by atoms with Crippen molar-refractivity contribution >= 4 is 5.91 Å². The van der Waals surface area contributed by atoms with Gasteiger partial charge in [-0.1, -0.05) is 6.92 Å². The van der Waals surface area contributed by atoms with E-state index in [0.29, 0.717) is 6.54 Å². The largest absolute Gasteiger partial charge is 0.507 e. The predicted molar refractivity (Wildman–Crippen MR) is 64.5 cm³/mol. The number of halogens is 1. The van der Waals surface area contributed by atoms with Crippen molar-refractivity contribution in [1.82, 2.24) is 4.90 Å². The van der Waals surface area contributed by atoms with Gasteiger partial charge in [-0.3, -0.25) is 4.79 Å². The van der Waals surface area contributed by atoms with Crippen molar-refractivity contribution in [1.29, 1.82) is 0 Å². The number of nitrogens with zero attached hydrogens (tertiary/aromatic N) is 1. The average Bonchev–Trinajstić information content (AvgIpc) is 2.32. The molecule has 1 amide bonds. The molecule has 1 aromatic rings. The Kier molecular flexibility index (Phi) is 4.49. The molecule has 0 heterocycles. The SMILES string of the molecule is CCC(C)N(CC)C(=O)c1cc(F)ccc1O. The summed E-state index contributed by atoms with van der Waals surface area (Å²) in [5.41, 5.74) is 0.0205. The molecule has 0 aliphatic rings. The van der Waals surface area contributed by atoms with Gasteiger partial charge in [-0.15, -0.1) is 0 Å². The molecule has 0 aliphatic heterocycles. The smallest absolute Gasteiger partial charge is 0.257 e. The van der Waals surface area contributed by atoms with Crippen molar-refractivity contribution in [2.75, 3.05) is 6.54 Å². The second-order valence-corrected chi connectivity index (χ2v) is 4.01. The third-order valence-electron chi connectivity index (χ3n) is 2.91. The van der Waals surface area contributed by atoms with Crippen LogP contribution in [0.5, 0.6) is 5.75 Å². The first-order valence-electron chi connectivity index (χ1n) is 5.80. The molecular formula is C13H18FNO2. The molecule has 1 N–H and O–H groups in total. The minimum atomic E-state index is -0.522. The van der Waals surface area contributed by atoms with Gasteiger partial charge in [-0.05, 0) is 38.5 Å². The van der Waals surface area contributed by atoms with Crippen LogP contribution in [0.3, 0.4) is 0 Å². The zero-order valence-electron chi connectivity index (χ0n) is 10.4. The van der Waals surface area contributed by atoms with Crippen LogP contribution in [0.25, 0.3) is 0 Å². The van der Waals surface area contributed by atoms with Gasteiger partial charge in [0.25, 0.3) is 5.91 Å². The average molecular weight is 239 g/mol. The first-order valence-corrected chi connectivity index (χ1v) is 5.80. The monoisotopic (exact) mass is 239 g/mol. The lowest BCUT2D eigenvalue weighted by Crippen LogP contribution is -2.38. The van der Waals surface area contributed by atoms with Crippen LogP contribution < -0.4 is 0 Å². The number of carbonyl (C=O) groups excluding carboxylic acids is 1. The molecule has 0 saturated heterocycles. The quantitative estimate of drug-likeness (QED) is 0.877. The number of aromatic hydroxyl groups is 1. The van der Waals surface area contributed by atoms with E-state index in [2.05, 4.69) is 0 Å². The zero-order valence-corrected chi connectivity index (χ0v) is 10.4. The molecule has 17 heavy (non-hydrogen) atoms. The summed E-state index contributed by atoms with van der Waals surface area (Å²) in [7, 11) is 0. The molecule has 3 nitrogen and oxygen atoms in total. The lowest BCUT2D eigenvalue weighted by atomic mass is 10.1. The number of benzene rings is 1. The number of amides is 1. The Morgan fingerprint density at radius 1 is 1.47 bits per heavy atom. The minimum absolute atomic E-state index is 0.0205.